The van der Waals surface area contributed by atoms with Crippen LogP contribution in [-0.4, -0.2) is 62.8 Å². The van der Waals surface area contributed by atoms with Crippen LogP contribution in [0.3, 0.4) is 0 Å². The Labute approximate surface area is 236 Å². The number of ketones is 1. The molecule has 2 aromatic carbocycles. The van der Waals surface area contributed by atoms with Gasteiger partial charge in [0.05, 0.1) is 25.6 Å². The van der Waals surface area contributed by atoms with Crippen molar-refractivity contribution in [2.24, 2.45) is 5.41 Å². The third kappa shape index (κ3) is 6.18. The first-order chi connectivity index (χ1) is 18.9. The van der Waals surface area contributed by atoms with Gasteiger partial charge in [0.25, 0.3) is 10.0 Å². The van der Waals surface area contributed by atoms with Crippen LogP contribution in [0.2, 0.25) is 19.6 Å². The normalized spacial score (nSPS) is 14.8. The first-order valence-electron chi connectivity index (χ1n) is 13.0. The molecule has 0 bridgehead atoms. The maximum Gasteiger partial charge on any atom is 0.320 e. The third-order valence-electron chi connectivity index (χ3n) is 6.83. The van der Waals surface area contributed by atoms with Crippen LogP contribution in [0.1, 0.15) is 12.0 Å². The zero-order valence-electron chi connectivity index (χ0n) is 23.2. The van der Waals surface area contributed by atoms with Gasteiger partial charge in [0.2, 0.25) is 5.91 Å². The highest BCUT2D eigenvalue weighted by Crippen LogP contribution is 2.32. The largest absolute Gasteiger partial charge is 0.468 e. The molecule has 0 atom stereocenters. The van der Waals surface area contributed by atoms with Gasteiger partial charge in [-0.1, -0.05) is 68.2 Å². The number of aromatic nitrogens is 1. The van der Waals surface area contributed by atoms with Gasteiger partial charge in [-0.2, -0.15) is 0 Å². The fraction of sp³-hybridized carbons (Fsp3) is 0.300. The second-order valence-electron chi connectivity index (χ2n) is 11.2. The molecule has 210 valence electrons. The van der Waals surface area contributed by atoms with Gasteiger partial charge in [-0.3, -0.25) is 14.4 Å². The number of carbonyl (C=O) groups is 3. The van der Waals surface area contributed by atoms with E-state index >= 15 is 0 Å². The van der Waals surface area contributed by atoms with E-state index < -0.39 is 29.5 Å². The van der Waals surface area contributed by atoms with Crippen LogP contribution in [0, 0.1) is 5.41 Å². The lowest BCUT2D eigenvalue weighted by Crippen LogP contribution is -2.47. The maximum absolute atomic E-state index is 13.7. The van der Waals surface area contributed by atoms with E-state index in [4.69, 9.17) is 4.74 Å². The number of benzene rings is 2. The number of para-hydroxylation sites is 1. The van der Waals surface area contributed by atoms with Gasteiger partial charge in [-0.25, -0.2) is 12.4 Å². The SMILES string of the molecule is COC(=O)C1(CC(=O)N(CCc2cn(S(=O)(=O)c3ccccc3)c3ccccc23)C[Si](C)(C)C)C=CC(=O)C=C1. The average Bonchev–Trinajstić information content (AvgIpc) is 3.31. The predicted molar refractivity (Wildman–Crippen MR) is 157 cm³/mol. The molecule has 1 aliphatic rings. The number of allylic oxidation sites excluding steroid dienone is 2. The van der Waals surface area contributed by atoms with E-state index in [1.807, 2.05) is 12.1 Å². The minimum absolute atomic E-state index is 0.172. The number of hydrogen-bond acceptors (Lipinski definition) is 6. The van der Waals surface area contributed by atoms with Gasteiger partial charge in [-0.05, 0) is 42.3 Å². The highest BCUT2D eigenvalue weighted by molar-refractivity contribution is 7.90. The van der Waals surface area contributed by atoms with E-state index in [-0.39, 0.29) is 23.0 Å². The van der Waals surface area contributed by atoms with E-state index in [1.54, 1.807) is 53.6 Å². The molecule has 0 fully saturated rings. The Hall–Kier alpha value is -3.76. The standard InChI is InChI=1S/C30H34N2O6SSi/c1-38-29(35)30(17-14-24(33)15-18-30)20-28(34)31(22-40(2,3)4)19-16-23-21-32(27-13-9-8-12-26(23)27)39(36,37)25-10-6-5-7-11-25/h5-15,17-18,21H,16,19-20,22H2,1-4H3. The fourth-order valence-electron chi connectivity index (χ4n) is 4.89. The molecule has 40 heavy (non-hydrogen) atoms. The number of ether oxygens (including phenoxy) is 1. The summed E-state index contributed by atoms with van der Waals surface area (Å²) in [5.74, 6) is -1.10. The molecule has 0 aliphatic heterocycles. The Kier molecular flexibility index (Phi) is 8.32. The molecule has 0 N–H and O–H groups in total. The number of hydrogen-bond donors (Lipinski definition) is 0. The lowest BCUT2D eigenvalue weighted by molar-refractivity contribution is -0.151. The van der Waals surface area contributed by atoms with E-state index in [2.05, 4.69) is 19.6 Å². The van der Waals surface area contributed by atoms with Gasteiger partial charge in [0.1, 0.15) is 5.41 Å². The summed E-state index contributed by atoms with van der Waals surface area (Å²) in [6.07, 6.45) is 7.89. The molecular weight excluding hydrogens is 544 g/mol. The molecule has 0 saturated heterocycles. The van der Waals surface area contributed by atoms with Gasteiger partial charge >= 0.3 is 5.97 Å². The molecule has 1 aliphatic carbocycles. The number of methoxy groups -OCH3 is 1. The van der Waals surface area contributed by atoms with E-state index in [0.717, 1.165) is 10.9 Å². The van der Waals surface area contributed by atoms with Crippen molar-refractivity contribution in [3.05, 3.63) is 90.7 Å². The molecule has 0 saturated carbocycles. The Morgan fingerprint density at radius 3 is 2.23 bits per heavy atom. The van der Waals surface area contributed by atoms with Crippen LogP contribution in [-0.2, 0) is 35.6 Å². The van der Waals surface area contributed by atoms with Crippen LogP contribution in [0.25, 0.3) is 10.9 Å². The van der Waals surface area contributed by atoms with Crippen molar-refractivity contribution in [3.63, 3.8) is 0 Å². The van der Waals surface area contributed by atoms with Gasteiger partial charge in [0.15, 0.2) is 5.78 Å². The lowest BCUT2D eigenvalue weighted by atomic mass is 9.80. The Balaban J connectivity index is 1.65. The molecule has 0 unspecified atom stereocenters. The van der Waals surface area contributed by atoms with Crippen molar-refractivity contribution in [1.29, 1.82) is 0 Å². The molecule has 1 heterocycles. The Morgan fingerprint density at radius 1 is 0.975 bits per heavy atom. The third-order valence-corrected chi connectivity index (χ3v) is 9.85. The first-order valence-corrected chi connectivity index (χ1v) is 18.2. The highest BCUT2D eigenvalue weighted by Gasteiger charge is 2.40. The minimum atomic E-state index is -3.82. The van der Waals surface area contributed by atoms with E-state index in [0.29, 0.717) is 24.7 Å². The number of rotatable bonds is 10. The molecule has 1 aromatic heterocycles. The highest BCUT2D eigenvalue weighted by atomic mass is 32.2. The second kappa shape index (κ2) is 11.4. The summed E-state index contributed by atoms with van der Waals surface area (Å²) in [6.45, 7) is 6.80. The summed E-state index contributed by atoms with van der Waals surface area (Å²) in [6, 6.07) is 15.6. The van der Waals surface area contributed by atoms with Crippen molar-refractivity contribution >= 4 is 46.7 Å². The minimum Gasteiger partial charge on any atom is -0.468 e. The molecule has 8 nitrogen and oxygen atoms in total. The smallest absolute Gasteiger partial charge is 0.320 e. The summed E-state index contributed by atoms with van der Waals surface area (Å²) in [7, 11) is -4.35. The predicted octanol–water partition coefficient (Wildman–Crippen LogP) is 4.37. The van der Waals surface area contributed by atoms with Crippen molar-refractivity contribution < 1.29 is 27.5 Å². The lowest BCUT2D eigenvalue weighted by Gasteiger charge is -2.32. The fourth-order valence-corrected chi connectivity index (χ4v) is 7.78. The summed E-state index contributed by atoms with van der Waals surface area (Å²) in [4.78, 5) is 40.1. The number of carbonyl (C=O) groups excluding carboxylic acids is 3. The van der Waals surface area contributed by atoms with Crippen LogP contribution in [0.15, 0.2) is 90.0 Å². The van der Waals surface area contributed by atoms with Gasteiger partial charge in [-0.15, -0.1) is 0 Å². The van der Waals surface area contributed by atoms with Gasteiger partial charge in [0, 0.05) is 30.7 Å². The first kappa shape index (κ1) is 29.2. The number of amides is 1. The summed E-state index contributed by atoms with van der Waals surface area (Å²) in [5, 5.41) is 0.796. The number of esters is 1. The average molecular weight is 579 g/mol. The zero-order chi connectivity index (χ0) is 29.1. The van der Waals surface area contributed by atoms with Gasteiger partial charge < -0.3 is 9.64 Å². The van der Waals surface area contributed by atoms with Crippen LogP contribution >= 0.6 is 0 Å². The Morgan fingerprint density at radius 2 is 1.60 bits per heavy atom. The zero-order valence-corrected chi connectivity index (χ0v) is 25.0. The molecule has 10 heteroatoms. The summed E-state index contributed by atoms with van der Waals surface area (Å²) >= 11 is 0. The van der Waals surface area contributed by atoms with Crippen molar-refractivity contribution in [2.45, 2.75) is 37.4 Å². The quantitative estimate of drug-likeness (QED) is 0.262. The van der Waals surface area contributed by atoms with E-state index in [9.17, 15) is 22.8 Å². The molecule has 0 spiro atoms. The molecule has 0 radical (unpaired) electrons. The Bertz CT molecular complexity index is 1580. The molecule has 3 aromatic rings. The van der Waals surface area contributed by atoms with Crippen molar-refractivity contribution in [1.82, 2.24) is 8.87 Å². The van der Waals surface area contributed by atoms with Crippen molar-refractivity contribution in [2.75, 3.05) is 19.8 Å². The monoisotopic (exact) mass is 578 g/mol. The summed E-state index contributed by atoms with van der Waals surface area (Å²) < 4.78 is 33.3. The van der Waals surface area contributed by atoms with Crippen LogP contribution < -0.4 is 0 Å². The second-order valence-corrected chi connectivity index (χ2v) is 18.4. The summed E-state index contributed by atoms with van der Waals surface area (Å²) in [5.41, 5.74) is 0.0162. The van der Waals surface area contributed by atoms with Crippen LogP contribution in [0.4, 0.5) is 0 Å². The number of nitrogens with zero attached hydrogens (tertiary/aromatic N) is 2. The molecule has 1 amide bonds. The topological polar surface area (TPSA) is 103 Å². The van der Waals surface area contributed by atoms with Crippen LogP contribution in [0.5, 0.6) is 0 Å². The maximum atomic E-state index is 13.7. The van der Waals surface area contributed by atoms with Crippen molar-refractivity contribution in [3.8, 4) is 0 Å². The van der Waals surface area contributed by atoms with E-state index in [1.165, 1.54) is 35.4 Å². The molecular formula is C30H34N2O6SSi. The molecule has 4 rings (SSSR count). The number of fused-ring (bicyclic) bond motifs is 1.